The summed E-state index contributed by atoms with van der Waals surface area (Å²) in [5.41, 5.74) is 2.00. The van der Waals surface area contributed by atoms with E-state index in [9.17, 15) is 18.4 Å². The number of rotatable bonds is 5. The van der Waals surface area contributed by atoms with Crippen LogP contribution in [-0.2, 0) is 0 Å². The van der Waals surface area contributed by atoms with Gasteiger partial charge in [0.15, 0.2) is 22.6 Å². The van der Waals surface area contributed by atoms with Crippen molar-refractivity contribution in [3.63, 3.8) is 0 Å². The van der Waals surface area contributed by atoms with E-state index < -0.39 is 18.2 Å². The Hall–Kier alpha value is -4.71. The van der Waals surface area contributed by atoms with Crippen molar-refractivity contribution in [3.05, 3.63) is 85.1 Å². The predicted octanol–water partition coefficient (Wildman–Crippen LogP) is 5.93. The Labute approximate surface area is 228 Å². The number of pyridine rings is 1. The summed E-state index contributed by atoms with van der Waals surface area (Å²) in [7, 11) is 0. The Morgan fingerprint density at radius 3 is 2.58 bits per heavy atom. The van der Waals surface area contributed by atoms with Crippen molar-refractivity contribution in [2.45, 2.75) is 33.2 Å². The van der Waals surface area contributed by atoms with Crippen molar-refractivity contribution in [3.8, 4) is 40.1 Å². The molecule has 13 heteroatoms. The van der Waals surface area contributed by atoms with Gasteiger partial charge in [0.2, 0.25) is 5.82 Å². The molecule has 2 aromatic carbocycles. The maximum atomic E-state index is 13.6. The fraction of sp³-hybridized carbons (Fsp3) is 0.185. The van der Waals surface area contributed by atoms with Gasteiger partial charge in [0, 0.05) is 16.7 Å². The third kappa shape index (κ3) is 4.45. The van der Waals surface area contributed by atoms with Crippen LogP contribution < -0.4 is 25.4 Å². The number of ether oxygens (including phenoxy) is 3. The molecule has 1 N–H and O–H groups in total. The minimum absolute atomic E-state index is 0.0154. The molecule has 0 unspecified atom stereocenters. The number of fused-ring (bicyclic) bond motifs is 2. The third-order valence-electron chi connectivity index (χ3n) is 6.29. The minimum atomic E-state index is -3.79. The Bertz CT molecular complexity index is 1930. The molecule has 0 spiro atoms. The second-order valence-electron chi connectivity index (χ2n) is 9.13. The minimum Gasteiger partial charge on any atom is -0.483 e. The first-order chi connectivity index (χ1) is 19.0. The fourth-order valence-electron chi connectivity index (χ4n) is 4.51. The zero-order valence-corrected chi connectivity index (χ0v) is 21.8. The van der Waals surface area contributed by atoms with Crippen LogP contribution in [-0.4, -0.2) is 21.4 Å². The average molecular weight is 570 g/mol. The van der Waals surface area contributed by atoms with Crippen molar-refractivity contribution in [2.75, 3.05) is 0 Å². The summed E-state index contributed by atoms with van der Waals surface area (Å²) in [6.45, 7) is 5.15. The fourth-order valence-corrected chi connectivity index (χ4v) is 4.66. The van der Waals surface area contributed by atoms with Crippen LogP contribution in [0.1, 0.15) is 29.7 Å². The number of hydrogen-bond donors (Lipinski definition) is 1. The van der Waals surface area contributed by atoms with E-state index >= 15 is 0 Å². The quantitative estimate of drug-likeness (QED) is 0.256. The topological polar surface area (TPSA) is 130 Å². The van der Waals surface area contributed by atoms with Crippen molar-refractivity contribution in [1.29, 1.82) is 0 Å². The summed E-state index contributed by atoms with van der Waals surface area (Å²) in [4.78, 5) is 31.6. The van der Waals surface area contributed by atoms with Gasteiger partial charge in [-0.25, -0.2) is 9.78 Å². The molecule has 6 rings (SSSR count). The monoisotopic (exact) mass is 569 g/mol. The molecule has 3 aromatic heterocycles. The van der Waals surface area contributed by atoms with Crippen LogP contribution >= 0.6 is 11.6 Å². The third-order valence-corrected chi connectivity index (χ3v) is 6.50. The molecule has 0 bridgehead atoms. The van der Waals surface area contributed by atoms with Crippen LogP contribution in [0.25, 0.3) is 33.8 Å². The van der Waals surface area contributed by atoms with Crippen molar-refractivity contribution in [2.24, 2.45) is 0 Å². The molecule has 5 aromatic rings. The van der Waals surface area contributed by atoms with Crippen LogP contribution in [0.2, 0.25) is 5.15 Å². The molecule has 0 saturated heterocycles. The molecular weight excluding hydrogens is 552 g/mol. The first-order valence-electron chi connectivity index (χ1n) is 11.9. The van der Waals surface area contributed by atoms with Crippen LogP contribution in [0.15, 0.2) is 61.0 Å². The zero-order chi connectivity index (χ0) is 28.3. The number of halogens is 3. The smallest absolute Gasteiger partial charge is 0.483 e. The van der Waals surface area contributed by atoms with Crippen LogP contribution in [0.4, 0.5) is 8.78 Å². The molecule has 0 aliphatic carbocycles. The number of benzene rings is 2. The van der Waals surface area contributed by atoms with E-state index in [4.69, 9.17) is 20.8 Å². The van der Waals surface area contributed by atoms with Gasteiger partial charge in [0.1, 0.15) is 28.3 Å². The summed E-state index contributed by atoms with van der Waals surface area (Å²) < 4.78 is 53.3. The van der Waals surface area contributed by atoms with E-state index in [1.165, 1.54) is 24.3 Å². The molecule has 0 fully saturated rings. The zero-order valence-electron chi connectivity index (χ0n) is 21.0. The highest BCUT2D eigenvalue weighted by atomic mass is 35.5. The van der Waals surface area contributed by atoms with Crippen molar-refractivity contribution < 1.29 is 31.9 Å². The SMILES string of the molecule is Cc1cc([C@@H](C)Oc2ccc(Cl)nc2-c2noc(=O)[nH]2)c2oc(-c3ccc4c(c3)OC(F)(F)O4)c(C)c(=O)c2c1. The molecule has 4 heterocycles. The second-order valence-corrected chi connectivity index (χ2v) is 9.52. The number of nitrogens with one attached hydrogen (secondary N) is 1. The van der Waals surface area contributed by atoms with Gasteiger partial charge in [0.25, 0.3) is 0 Å². The first-order valence-corrected chi connectivity index (χ1v) is 12.2. The number of nitrogens with zero attached hydrogens (tertiary/aromatic N) is 2. The van der Waals surface area contributed by atoms with E-state index in [0.717, 1.165) is 5.56 Å². The maximum absolute atomic E-state index is 13.6. The van der Waals surface area contributed by atoms with Crippen LogP contribution in [0.5, 0.6) is 17.2 Å². The van der Waals surface area contributed by atoms with Crippen LogP contribution in [0.3, 0.4) is 0 Å². The van der Waals surface area contributed by atoms with Gasteiger partial charge in [0.05, 0.1) is 5.39 Å². The number of aromatic nitrogens is 3. The predicted molar refractivity (Wildman–Crippen MR) is 138 cm³/mol. The second kappa shape index (κ2) is 9.19. The van der Waals surface area contributed by atoms with Crippen LogP contribution in [0, 0.1) is 13.8 Å². The highest BCUT2D eigenvalue weighted by molar-refractivity contribution is 6.29. The standard InChI is InChI=1S/C27H18ClF2N3O7/c1-11-8-15(13(3)36-18-6-7-20(28)31-21(18)25-32-26(35)40-33-25)24-16(9-11)22(34)12(2)23(37-24)14-4-5-17-19(10-14)39-27(29,30)38-17/h4-10,13H,1-3H3,(H,32,33,35)/t13-/m1/s1. The summed E-state index contributed by atoms with van der Waals surface area (Å²) in [6.07, 6.45) is -4.50. The summed E-state index contributed by atoms with van der Waals surface area (Å²) in [6, 6.07) is 10.7. The Morgan fingerprint density at radius 2 is 1.82 bits per heavy atom. The highest BCUT2D eigenvalue weighted by Gasteiger charge is 2.43. The molecule has 204 valence electrons. The van der Waals surface area contributed by atoms with E-state index in [1.807, 2.05) is 6.92 Å². The van der Waals surface area contributed by atoms with E-state index in [0.29, 0.717) is 16.5 Å². The van der Waals surface area contributed by atoms with Gasteiger partial charge in [-0.1, -0.05) is 16.8 Å². The van der Waals surface area contributed by atoms with Gasteiger partial charge in [-0.3, -0.25) is 14.3 Å². The Morgan fingerprint density at radius 1 is 1.05 bits per heavy atom. The first kappa shape index (κ1) is 25.6. The van der Waals surface area contributed by atoms with Crippen molar-refractivity contribution >= 4 is 22.6 Å². The number of hydrogen-bond acceptors (Lipinski definition) is 9. The summed E-state index contributed by atoms with van der Waals surface area (Å²) in [5, 5.41) is 4.11. The average Bonchev–Trinajstić information content (AvgIpc) is 3.47. The van der Waals surface area contributed by atoms with E-state index in [1.54, 1.807) is 32.0 Å². The lowest BCUT2D eigenvalue weighted by molar-refractivity contribution is -0.286. The number of aromatic amines is 1. The number of alkyl halides is 2. The largest absolute Gasteiger partial charge is 0.586 e. The van der Waals surface area contributed by atoms with Gasteiger partial charge >= 0.3 is 12.1 Å². The summed E-state index contributed by atoms with van der Waals surface area (Å²) >= 11 is 6.06. The molecule has 1 aliphatic rings. The molecule has 0 saturated carbocycles. The molecule has 0 radical (unpaired) electrons. The number of aryl methyl sites for hydroxylation is 1. The van der Waals surface area contributed by atoms with E-state index in [-0.39, 0.29) is 56.3 Å². The lowest BCUT2D eigenvalue weighted by Gasteiger charge is -2.19. The van der Waals surface area contributed by atoms with Gasteiger partial charge in [-0.15, -0.1) is 8.78 Å². The highest BCUT2D eigenvalue weighted by Crippen LogP contribution is 2.44. The lowest BCUT2D eigenvalue weighted by Crippen LogP contribution is -2.25. The molecule has 0 amide bonds. The molecular formula is C27H18ClF2N3O7. The molecule has 1 atom stereocenters. The van der Waals surface area contributed by atoms with Gasteiger partial charge < -0.3 is 18.6 Å². The van der Waals surface area contributed by atoms with Gasteiger partial charge in [-0.05, 0) is 68.8 Å². The normalized spacial score (nSPS) is 14.4. The summed E-state index contributed by atoms with van der Waals surface area (Å²) in [5.74, 6) is -0.681. The molecule has 1 aliphatic heterocycles. The Balaban J connectivity index is 1.46. The number of H-pyrrole nitrogens is 1. The lowest BCUT2D eigenvalue weighted by atomic mass is 10.00. The van der Waals surface area contributed by atoms with E-state index in [2.05, 4.69) is 29.1 Å². The molecule has 40 heavy (non-hydrogen) atoms. The Kier molecular flexibility index (Phi) is 5.88. The van der Waals surface area contributed by atoms with Gasteiger partial charge in [-0.2, -0.15) is 0 Å². The maximum Gasteiger partial charge on any atom is 0.586 e. The molecule has 10 nitrogen and oxygen atoms in total. The van der Waals surface area contributed by atoms with Crippen molar-refractivity contribution in [1.82, 2.24) is 15.1 Å².